The van der Waals surface area contributed by atoms with Gasteiger partial charge in [-0.15, -0.1) is 0 Å². The quantitative estimate of drug-likeness (QED) is 0.500. The molecule has 0 aliphatic heterocycles. The Hall–Kier alpha value is -3.78. The van der Waals surface area contributed by atoms with Crippen LogP contribution < -0.4 is 11.4 Å². The Kier molecular flexibility index (Phi) is 4.22. The number of nitrogens with two attached hydrogens (primary N) is 1. The van der Waals surface area contributed by atoms with Gasteiger partial charge < -0.3 is 5.73 Å². The highest BCUT2D eigenvalue weighted by Gasteiger charge is 2.15. The summed E-state index contributed by atoms with van der Waals surface area (Å²) in [6.07, 6.45) is 7.34. The van der Waals surface area contributed by atoms with Gasteiger partial charge in [0.15, 0.2) is 0 Å². The zero-order chi connectivity index (χ0) is 20.8. The average molecular weight is 399 g/mol. The van der Waals surface area contributed by atoms with Crippen molar-refractivity contribution in [2.75, 3.05) is 6.54 Å². The number of rotatable bonds is 4. The Morgan fingerprint density at radius 2 is 1.80 bits per heavy atom. The molecule has 0 aliphatic rings. The van der Waals surface area contributed by atoms with Crippen LogP contribution in [-0.2, 0) is 20.6 Å². The van der Waals surface area contributed by atoms with E-state index in [2.05, 4.69) is 21.1 Å². The van der Waals surface area contributed by atoms with Crippen LogP contribution in [0.4, 0.5) is 0 Å². The molecule has 0 atom stereocenters. The minimum absolute atomic E-state index is 0.0855. The van der Waals surface area contributed by atoms with E-state index in [0.717, 1.165) is 44.3 Å². The summed E-state index contributed by atoms with van der Waals surface area (Å²) in [7, 11) is 3.64. The molecule has 0 amide bonds. The maximum Gasteiger partial charge on any atom is 0.328 e. The van der Waals surface area contributed by atoms with Gasteiger partial charge in [0.2, 0.25) is 0 Å². The third-order valence-electron chi connectivity index (χ3n) is 5.42. The molecule has 8 heteroatoms. The van der Waals surface area contributed by atoms with Gasteiger partial charge >= 0.3 is 5.69 Å². The van der Waals surface area contributed by atoms with Gasteiger partial charge in [-0.2, -0.15) is 5.10 Å². The lowest BCUT2D eigenvalue weighted by atomic mass is 10.0. The summed E-state index contributed by atoms with van der Waals surface area (Å²) in [5.74, 6) is 0. The average Bonchev–Trinajstić information content (AvgIpc) is 3.31. The van der Waals surface area contributed by atoms with Crippen molar-refractivity contribution in [1.82, 2.24) is 28.9 Å². The van der Waals surface area contributed by atoms with Crippen LogP contribution in [0.3, 0.4) is 0 Å². The second-order valence-electron chi connectivity index (χ2n) is 7.34. The molecule has 0 unspecified atom stereocenters. The van der Waals surface area contributed by atoms with E-state index >= 15 is 0 Å². The molecule has 0 spiro atoms. The second kappa shape index (κ2) is 6.93. The summed E-state index contributed by atoms with van der Waals surface area (Å²) >= 11 is 0. The minimum Gasteiger partial charge on any atom is -0.329 e. The van der Waals surface area contributed by atoms with Crippen molar-refractivity contribution in [3.63, 3.8) is 0 Å². The van der Waals surface area contributed by atoms with Gasteiger partial charge in [-0.1, -0.05) is 12.1 Å². The molecule has 150 valence electrons. The van der Waals surface area contributed by atoms with Crippen LogP contribution in [0.5, 0.6) is 0 Å². The Bertz CT molecular complexity index is 1440. The zero-order valence-corrected chi connectivity index (χ0v) is 16.8. The molecule has 0 bridgehead atoms. The summed E-state index contributed by atoms with van der Waals surface area (Å²) in [5, 5.41) is 5.12. The first-order chi connectivity index (χ1) is 14.6. The van der Waals surface area contributed by atoms with E-state index in [-0.39, 0.29) is 5.69 Å². The number of fused-ring (bicyclic) bond motifs is 3. The molecule has 8 nitrogen and oxygen atoms in total. The lowest BCUT2D eigenvalue weighted by Gasteiger charge is -2.08. The van der Waals surface area contributed by atoms with E-state index in [4.69, 9.17) is 5.73 Å². The summed E-state index contributed by atoms with van der Waals surface area (Å²) in [6, 6.07) is 10.1. The highest BCUT2D eigenvalue weighted by molar-refractivity contribution is 6.04. The number of aryl methyl sites for hydroxylation is 2. The summed E-state index contributed by atoms with van der Waals surface area (Å²) in [5.41, 5.74) is 12.0. The van der Waals surface area contributed by atoms with Crippen molar-refractivity contribution in [3.8, 4) is 22.4 Å². The van der Waals surface area contributed by atoms with Gasteiger partial charge in [0, 0.05) is 56.1 Å². The van der Waals surface area contributed by atoms with E-state index in [1.165, 1.54) is 0 Å². The number of hydrogen-bond acceptors (Lipinski definition) is 5. The van der Waals surface area contributed by atoms with Crippen LogP contribution in [0.2, 0.25) is 0 Å². The summed E-state index contributed by atoms with van der Waals surface area (Å²) in [6.45, 7) is 0.850. The number of imidazole rings is 1. The lowest BCUT2D eigenvalue weighted by Crippen LogP contribution is -2.25. The topological polar surface area (TPSA) is 96.6 Å². The molecule has 1 aromatic carbocycles. The van der Waals surface area contributed by atoms with Crippen LogP contribution in [0.1, 0.15) is 0 Å². The largest absolute Gasteiger partial charge is 0.329 e. The smallest absolute Gasteiger partial charge is 0.328 e. The van der Waals surface area contributed by atoms with Gasteiger partial charge in [0.1, 0.15) is 0 Å². The summed E-state index contributed by atoms with van der Waals surface area (Å²) in [4.78, 5) is 21.8. The van der Waals surface area contributed by atoms with Gasteiger partial charge in [-0.25, -0.2) is 4.79 Å². The highest BCUT2D eigenvalue weighted by Crippen LogP contribution is 2.29. The van der Waals surface area contributed by atoms with Crippen molar-refractivity contribution < 1.29 is 0 Å². The first-order valence-electron chi connectivity index (χ1n) is 9.70. The normalized spacial score (nSPS) is 11.6. The van der Waals surface area contributed by atoms with E-state index < -0.39 is 0 Å². The Morgan fingerprint density at radius 1 is 0.967 bits per heavy atom. The number of nitrogens with zero attached hydrogens (tertiary/aromatic N) is 6. The zero-order valence-electron chi connectivity index (χ0n) is 16.8. The number of aromatic nitrogens is 6. The van der Waals surface area contributed by atoms with Gasteiger partial charge in [-0.3, -0.25) is 23.8 Å². The van der Waals surface area contributed by atoms with Crippen molar-refractivity contribution in [3.05, 3.63) is 65.6 Å². The van der Waals surface area contributed by atoms with E-state index in [1.54, 1.807) is 33.3 Å². The van der Waals surface area contributed by atoms with Crippen LogP contribution in [0.25, 0.3) is 44.3 Å². The SMILES string of the molecule is Cn1cc(-c2ccc(-c3ccc4ncc5c(c4c3)n(CCN)c(=O)n5C)cn2)cn1. The fourth-order valence-corrected chi connectivity index (χ4v) is 3.88. The maximum atomic E-state index is 12.7. The first-order valence-corrected chi connectivity index (χ1v) is 9.70. The molecule has 0 saturated carbocycles. The lowest BCUT2D eigenvalue weighted by molar-refractivity contribution is 0.676. The van der Waals surface area contributed by atoms with Crippen molar-refractivity contribution in [1.29, 1.82) is 0 Å². The van der Waals surface area contributed by atoms with Gasteiger partial charge in [0.25, 0.3) is 0 Å². The highest BCUT2D eigenvalue weighted by atomic mass is 16.1. The van der Waals surface area contributed by atoms with Crippen LogP contribution in [0, 0.1) is 0 Å². The molecule has 0 radical (unpaired) electrons. The predicted octanol–water partition coefficient (Wildman–Crippen LogP) is 2.31. The molecule has 4 aromatic heterocycles. The van der Waals surface area contributed by atoms with Crippen molar-refractivity contribution in [2.45, 2.75) is 6.54 Å². The molecule has 0 aliphatic carbocycles. The molecule has 0 saturated heterocycles. The molecular weight excluding hydrogens is 378 g/mol. The second-order valence-corrected chi connectivity index (χ2v) is 7.34. The minimum atomic E-state index is -0.0855. The Labute approximate surface area is 172 Å². The number of hydrogen-bond donors (Lipinski definition) is 1. The monoisotopic (exact) mass is 399 g/mol. The van der Waals surface area contributed by atoms with Gasteiger partial charge in [-0.05, 0) is 23.8 Å². The van der Waals surface area contributed by atoms with Crippen LogP contribution >= 0.6 is 0 Å². The van der Waals surface area contributed by atoms with Crippen molar-refractivity contribution in [2.24, 2.45) is 19.8 Å². The molecule has 5 rings (SSSR count). The molecule has 30 heavy (non-hydrogen) atoms. The molecule has 2 N–H and O–H groups in total. The summed E-state index contributed by atoms with van der Waals surface area (Å²) < 4.78 is 5.11. The number of pyridine rings is 2. The fraction of sp³-hybridized carbons (Fsp3) is 0.182. The van der Waals surface area contributed by atoms with E-state index in [1.807, 2.05) is 43.7 Å². The predicted molar refractivity (Wildman–Crippen MR) is 117 cm³/mol. The number of benzene rings is 1. The van der Waals surface area contributed by atoms with E-state index in [0.29, 0.717) is 13.1 Å². The Balaban J connectivity index is 1.66. The van der Waals surface area contributed by atoms with E-state index in [9.17, 15) is 4.79 Å². The molecule has 5 aromatic rings. The first kappa shape index (κ1) is 18.3. The molecule has 4 heterocycles. The Morgan fingerprint density at radius 3 is 2.50 bits per heavy atom. The third kappa shape index (κ3) is 2.81. The molecule has 0 fully saturated rings. The fourth-order valence-electron chi connectivity index (χ4n) is 3.88. The molecular formula is C22H21N7O. The standard InChI is InChI=1S/C22H21N7O/c1-27-13-16(11-26-27)18-5-4-15(10-24-18)14-3-6-19-17(9-14)21-20(12-25-19)28(2)22(30)29(21)8-7-23/h3-6,9-13H,7-8,23H2,1-2H3. The van der Waals surface area contributed by atoms with Crippen molar-refractivity contribution >= 4 is 21.9 Å². The van der Waals surface area contributed by atoms with Crippen LogP contribution in [-0.4, -0.2) is 35.4 Å². The van der Waals surface area contributed by atoms with Crippen LogP contribution in [0.15, 0.2) is 59.9 Å². The maximum absolute atomic E-state index is 12.7. The third-order valence-corrected chi connectivity index (χ3v) is 5.42. The van der Waals surface area contributed by atoms with Gasteiger partial charge in [0.05, 0.1) is 34.6 Å².